The Morgan fingerprint density at radius 1 is 1.20 bits per heavy atom. The van der Waals surface area contributed by atoms with E-state index in [4.69, 9.17) is 12.2 Å². The van der Waals surface area contributed by atoms with Crippen LogP contribution >= 0.6 is 24.0 Å². The highest BCUT2D eigenvalue weighted by Crippen LogP contribution is 2.15. The first-order valence-corrected chi connectivity index (χ1v) is 7.16. The number of likely N-dealkylation sites (tertiary alicyclic amines) is 1. The number of thiocarbonyl (C=S) groups is 1. The Kier molecular flexibility index (Phi) is 6.61. The van der Waals surface area contributed by atoms with Crippen molar-refractivity contribution in [3.8, 4) is 0 Å². The van der Waals surface area contributed by atoms with Crippen molar-refractivity contribution in [2.45, 2.75) is 25.7 Å². The van der Waals surface area contributed by atoms with Crippen molar-refractivity contribution < 1.29 is 0 Å². The Hall–Kier alpha value is 0.200. The van der Waals surface area contributed by atoms with Gasteiger partial charge < -0.3 is 9.80 Å². The monoisotopic (exact) mass is 246 g/mol. The standard InChI is InChI=1S/C11H22N2S2/c1-12(2)9-10-15-11(14)13-7-5-3-4-6-8-13/h3-10H2,1-2H3. The minimum absolute atomic E-state index is 1.11. The van der Waals surface area contributed by atoms with Crippen LogP contribution in [0.2, 0.25) is 0 Å². The Morgan fingerprint density at radius 2 is 1.80 bits per heavy atom. The summed E-state index contributed by atoms with van der Waals surface area (Å²) >= 11 is 7.29. The van der Waals surface area contributed by atoms with Gasteiger partial charge in [0.15, 0.2) is 0 Å². The van der Waals surface area contributed by atoms with E-state index in [0.29, 0.717) is 0 Å². The Bertz CT molecular complexity index is 187. The van der Waals surface area contributed by atoms with Crippen molar-refractivity contribution in [3.05, 3.63) is 0 Å². The largest absolute Gasteiger partial charge is 0.358 e. The lowest BCUT2D eigenvalue weighted by Crippen LogP contribution is -2.29. The molecule has 0 amide bonds. The molecule has 0 N–H and O–H groups in total. The molecule has 0 spiro atoms. The zero-order valence-electron chi connectivity index (χ0n) is 9.87. The normalized spacial score (nSPS) is 17.9. The van der Waals surface area contributed by atoms with Crippen LogP contribution in [0.25, 0.3) is 0 Å². The van der Waals surface area contributed by atoms with Gasteiger partial charge >= 0.3 is 0 Å². The fourth-order valence-electron chi connectivity index (χ4n) is 1.66. The van der Waals surface area contributed by atoms with Gasteiger partial charge in [0.25, 0.3) is 0 Å². The fourth-order valence-corrected chi connectivity index (χ4v) is 3.09. The molecule has 0 aromatic carbocycles. The van der Waals surface area contributed by atoms with E-state index in [1.807, 2.05) is 11.8 Å². The molecule has 1 saturated heterocycles. The van der Waals surface area contributed by atoms with Crippen molar-refractivity contribution in [3.63, 3.8) is 0 Å². The molecule has 1 aliphatic rings. The first-order chi connectivity index (χ1) is 7.20. The van der Waals surface area contributed by atoms with Crippen LogP contribution in [0.15, 0.2) is 0 Å². The second-order valence-corrected chi connectivity index (χ2v) is 6.05. The van der Waals surface area contributed by atoms with Crippen molar-refractivity contribution >= 4 is 28.3 Å². The maximum atomic E-state index is 5.46. The van der Waals surface area contributed by atoms with E-state index in [1.54, 1.807) is 0 Å². The van der Waals surface area contributed by atoms with Crippen LogP contribution in [-0.4, -0.2) is 53.6 Å². The summed E-state index contributed by atoms with van der Waals surface area (Å²) in [6, 6.07) is 0. The molecule has 2 nitrogen and oxygen atoms in total. The van der Waals surface area contributed by atoms with Gasteiger partial charge in [0, 0.05) is 25.4 Å². The molecule has 0 saturated carbocycles. The third-order valence-electron chi connectivity index (χ3n) is 2.63. The second kappa shape index (κ2) is 7.47. The summed E-state index contributed by atoms with van der Waals surface area (Å²) < 4.78 is 1.11. The van der Waals surface area contributed by atoms with Gasteiger partial charge in [0.05, 0.1) is 0 Å². The molecule has 0 aliphatic carbocycles. The first-order valence-electron chi connectivity index (χ1n) is 5.76. The second-order valence-electron chi connectivity index (χ2n) is 4.32. The molecule has 0 atom stereocenters. The SMILES string of the molecule is CN(C)CCSC(=S)N1CCCCCC1. The van der Waals surface area contributed by atoms with E-state index in [1.165, 1.54) is 38.8 Å². The van der Waals surface area contributed by atoms with Crippen LogP contribution in [-0.2, 0) is 0 Å². The minimum Gasteiger partial charge on any atom is -0.358 e. The third kappa shape index (κ3) is 5.73. The Balaban J connectivity index is 2.19. The predicted molar refractivity (Wildman–Crippen MR) is 73.7 cm³/mol. The van der Waals surface area contributed by atoms with Gasteiger partial charge in [-0.1, -0.05) is 36.8 Å². The molecule has 0 aromatic heterocycles. The zero-order chi connectivity index (χ0) is 11.1. The van der Waals surface area contributed by atoms with E-state index < -0.39 is 0 Å². The van der Waals surface area contributed by atoms with Crippen molar-refractivity contribution in [2.24, 2.45) is 0 Å². The van der Waals surface area contributed by atoms with E-state index in [9.17, 15) is 0 Å². The van der Waals surface area contributed by atoms with E-state index in [-0.39, 0.29) is 0 Å². The van der Waals surface area contributed by atoms with Gasteiger partial charge in [-0.05, 0) is 26.9 Å². The summed E-state index contributed by atoms with van der Waals surface area (Å²) in [6.45, 7) is 3.46. The summed E-state index contributed by atoms with van der Waals surface area (Å²) in [5, 5.41) is 0. The van der Waals surface area contributed by atoms with E-state index in [0.717, 1.165) is 16.6 Å². The Labute approximate surface area is 103 Å². The predicted octanol–water partition coefficient (Wildman–Crippen LogP) is 2.44. The molecule has 1 heterocycles. The number of thioether (sulfide) groups is 1. The molecule has 0 aromatic rings. The highest BCUT2D eigenvalue weighted by Gasteiger charge is 2.12. The number of rotatable bonds is 3. The molecule has 0 radical (unpaired) electrons. The summed E-state index contributed by atoms with van der Waals surface area (Å²) in [4.78, 5) is 4.60. The van der Waals surface area contributed by atoms with Gasteiger partial charge in [-0.15, -0.1) is 0 Å². The van der Waals surface area contributed by atoms with E-state index >= 15 is 0 Å². The quantitative estimate of drug-likeness (QED) is 0.705. The lowest BCUT2D eigenvalue weighted by Gasteiger charge is -2.22. The molecular formula is C11H22N2S2. The minimum atomic E-state index is 1.11. The molecule has 88 valence electrons. The third-order valence-corrected chi connectivity index (χ3v) is 4.13. The summed E-state index contributed by atoms with van der Waals surface area (Å²) in [6.07, 6.45) is 5.38. The maximum absolute atomic E-state index is 5.46. The van der Waals surface area contributed by atoms with Crippen molar-refractivity contribution in [1.82, 2.24) is 9.80 Å². The van der Waals surface area contributed by atoms with Gasteiger partial charge in [-0.25, -0.2) is 0 Å². The highest BCUT2D eigenvalue weighted by molar-refractivity contribution is 8.22. The van der Waals surface area contributed by atoms with Crippen LogP contribution in [0.1, 0.15) is 25.7 Å². The highest BCUT2D eigenvalue weighted by atomic mass is 32.2. The topological polar surface area (TPSA) is 6.48 Å². The molecule has 1 fully saturated rings. The van der Waals surface area contributed by atoms with Crippen LogP contribution in [0.4, 0.5) is 0 Å². The molecule has 1 rings (SSSR count). The zero-order valence-corrected chi connectivity index (χ0v) is 11.5. The molecular weight excluding hydrogens is 224 g/mol. The van der Waals surface area contributed by atoms with Gasteiger partial charge in [-0.3, -0.25) is 0 Å². The van der Waals surface area contributed by atoms with Gasteiger partial charge in [0.1, 0.15) is 4.32 Å². The van der Waals surface area contributed by atoms with Crippen LogP contribution < -0.4 is 0 Å². The molecule has 1 aliphatic heterocycles. The smallest absolute Gasteiger partial charge is 0.136 e. The van der Waals surface area contributed by atoms with Crippen LogP contribution in [0, 0.1) is 0 Å². The maximum Gasteiger partial charge on any atom is 0.136 e. The number of hydrogen-bond donors (Lipinski definition) is 0. The lowest BCUT2D eigenvalue weighted by atomic mass is 10.2. The number of hydrogen-bond acceptors (Lipinski definition) is 3. The number of nitrogens with zero attached hydrogens (tertiary/aromatic N) is 2. The fraction of sp³-hybridized carbons (Fsp3) is 0.909. The molecule has 4 heteroatoms. The van der Waals surface area contributed by atoms with Gasteiger partial charge in [0.2, 0.25) is 0 Å². The van der Waals surface area contributed by atoms with Crippen molar-refractivity contribution in [2.75, 3.05) is 39.5 Å². The Morgan fingerprint density at radius 3 is 2.33 bits per heavy atom. The summed E-state index contributed by atoms with van der Waals surface area (Å²) in [5.41, 5.74) is 0. The van der Waals surface area contributed by atoms with Gasteiger partial charge in [-0.2, -0.15) is 0 Å². The average Bonchev–Trinajstić information content (AvgIpc) is 2.44. The average molecular weight is 246 g/mol. The molecule has 0 bridgehead atoms. The summed E-state index contributed by atoms with van der Waals surface area (Å²) in [7, 11) is 4.21. The van der Waals surface area contributed by atoms with Crippen LogP contribution in [0.5, 0.6) is 0 Å². The van der Waals surface area contributed by atoms with E-state index in [2.05, 4.69) is 23.9 Å². The van der Waals surface area contributed by atoms with Crippen molar-refractivity contribution in [1.29, 1.82) is 0 Å². The lowest BCUT2D eigenvalue weighted by molar-refractivity contribution is 0.436. The van der Waals surface area contributed by atoms with Crippen LogP contribution in [0.3, 0.4) is 0 Å². The first kappa shape index (κ1) is 13.3. The molecule has 0 unspecified atom stereocenters. The summed E-state index contributed by atoms with van der Waals surface area (Å²) in [5.74, 6) is 1.11. The molecule has 15 heavy (non-hydrogen) atoms.